The Kier molecular flexibility index (Phi) is 3.15. The number of hydrogen-bond donors (Lipinski definition) is 0. The molecule has 80 valence electrons. The summed E-state index contributed by atoms with van der Waals surface area (Å²) < 4.78 is 85.6. The highest BCUT2D eigenvalue weighted by molar-refractivity contribution is 4.66. The van der Waals surface area contributed by atoms with Crippen LogP contribution in [0.1, 0.15) is 0 Å². The van der Waals surface area contributed by atoms with E-state index in [0.717, 1.165) is 0 Å². The Bertz CT molecular complexity index is 174. The fourth-order valence-corrected chi connectivity index (χ4v) is 0.324. The molecule has 0 aliphatic carbocycles. The lowest BCUT2D eigenvalue weighted by Gasteiger charge is -2.24. The van der Waals surface area contributed by atoms with Gasteiger partial charge in [0.1, 0.15) is 0 Å². The molecule has 0 aromatic carbocycles. The Hall–Kier alpha value is -0.570. The van der Waals surface area contributed by atoms with Crippen molar-refractivity contribution in [3.63, 3.8) is 0 Å². The molecule has 0 saturated heterocycles. The van der Waals surface area contributed by atoms with Crippen LogP contribution in [0.5, 0.6) is 0 Å². The number of halogens is 7. The zero-order valence-electron chi connectivity index (χ0n) is 5.96. The minimum Gasteiger partial charge on any atom is -0.317 e. The monoisotopic (exact) mass is 216 g/mol. The third kappa shape index (κ3) is 3.35. The van der Waals surface area contributed by atoms with Crippen molar-refractivity contribution in [3.05, 3.63) is 0 Å². The van der Waals surface area contributed by atoms with Gasteiger partial charge in [-0.25, -0.2) is 4.74 Å². The number of methoxy groups -OCH3 is 1. The van der Waals surface area contributed by atoms with E-state index in [4.69, 9.17) is 0 Å². The smallest absolute Gasteiger partial charge is 0.317 e. The molecule has 0 spiro atoms. The predicted octanol–water partition coefficient (Wildman–Crippen LogP) is 2.35. The summed E-state index contributed by atoms with van der Waals surface area (Å²) in [5.41, 5.74) is 0. The van der Waals surface area contributed by atoms with Crippen molar-refractivity contribution in [1.82, 2.24) is 0 Å². The molecule has 9 heteroatoms. The summed E-state index contributed by atoms with van der Waals surface area (Å²) in [7, 11) is 0.119. The largest absolute Gasteiger partial charge is 0.527 e. The second-order valence-electron chi connectivity index (χ2n) is 1.79. The van der Waals surface area contributed by atoms with Gasteiger partial charge in [0.05, 0.1) is 0 Å². The van der Waals surface area contributed by atoms with Gasteiger partial charge in [-0.05, 0) is 0 Å². The van der Waals surface area contributed by atoms with Crippen LogP contribution in [-0.4, -0.2) is 25.7 Å². The maximum absolute atomic E-state index is 11.9. The quantitative estimate of drug-likeness (QED) is 0.674. The summed E-state index contributed by atoms with van der Waals surface area (Å²) >= 11 is 0. The van der Waals surface area contributed by atoms with Crippen LogP contribution in [-0.2, 0) is 9.47 Å². The minimum absolute atomic E-state index is 0.119. The molecule has 0 aromatic rings. The van der Waals surface area contributed by atoms with E-state index in [1.165, 1.54) is 0 Å². The average molecular weight is 216 g/mol. The summed E-state index contributed by atoms with van der Waals surface area (Å²) in [6.45, 7) is 0. The lowest BCUT2D eigenvalue weighted by molar-refractivity contribution is -0.501. The fraction of sp³-hybridized carbons (Fsp3) is 1.00. The molecule has 0 aliphatic heterocycles. The highest BCUT2D eigenvalue weighted by atomic mass is 19.4. The Labute approximate surface area is 67.2 Å². The first-order valence-corrected chi connectivity index (χ1v) is 2.59. The fourth-order valence-electron chi connectivity index (χ4n) is 0.324. The van der Waals surface area contributed by atoms with Gasteiger partial charge in [0.2, 0.25) is 0 Å². The van der Waals surface area contributed by atoms with Gasteiger partial charge < -0.3 is 4.74 Å². The zero-order chi connectivity index (χ0) is 10.9. The van der Waals surface area contributed by atoms with E-state index in [2.05, 4.69) is 4.74 Å². The van der Waals surface area contributed by atoms with Gasteiger partial charge in [0.25, 0.3) is 0 Å². The summed E-state index contributed by atoms with van der Waals surface area (Å²) in [6.07, 6.45) is -17.0. The number of hydrogen-bond acceptors (Lipinski definition) is 2. The van der Waals surface area contributed by atoms with Gasteiger partial charge in [0, 0.05) is 7.11 Å². The molecule has 13 heavy (non-hydrogen) atoms. The van der Waals surface area contributed by atoms with Gasteiger partial charge >= 0.3 is 18.6 Å². The van der Waals surface area contributed by atoms with Crippen LogP contribution in [0.15, 0.2) is 0 Å². The lowest BCUT2D eigenvalue weighted by Crippen LogP contribution is -2.47. The van der Waals surface area contributed by atoms with Crippen molar-refractivity contribution in [2.75, 3.05) is 7.11 Å². The molecule has 0 heterocycles. The first-order chi connectivity index (χ1) is 5.52. The molecule has 0 fully saturated rings. The van der Waals surface area contributed by atoms with E-state index in [0.29, 0.717) is 0 Å². The van der Waals surface area contributed by atoms with E-state index in [9.17, 15) is 30.7 Å². The van der Waals surface area contributed by atoms with E-state index < -0.39 is 18.6 Å². The molecule has 0 radical (unpaired) electrons. The van der Waals surface area contributed by atoms with Crippen molar-refractivity contribution in [2.45, 2.75) is 18.6 Å². The third-order valence-corrected chi connectivity index (χ3v) is 0.839. The van der Waals surface area contributed by atoms with E-state index >= 15 is 0 Å². The molecule has 0 atom stereocenters. The molecule has 0 amide bonds. The zero-order valence-corrected chi connectivity index (χ0v) is 5.96. The van der Waals surface area contributed by atoms with Crippen molar-refractivity contribution < 1.29 is 40.2 Å². The van der Waals surface area contributed by atoms with Crippen LogP contribution in [0.3, 0.4) is 0 Å². The van der Waals surface area contributed by atoms with Gasteiger partial charge in [-0.3, -0.25) is 0 Å². The van der Waals surface area contributed by atoms with Crippen LogP contribution in [0.2, 0.25) is 0 Å². The van der Waals surface area contributed by atoms with Crippen molar-refractivity contribution in [1.29, 1.82) is 0 Å². The Morgan fingerprint density at radius 3 is 1.38 bits per heavy atom. The van der Waals surface area contributed by atoms with E-state index in [-0.39, 0.29) is 7.11 Å². The van der Waals surface area contributed by atoms with Gasteiger partial charge in [-0.2, -0.15) is 17.6 Å². The van der Waals surface area contributed by atoms with Crippen molar-refractivity contribution in [3.8, 4) is 0 Å². The molecule has 0 aromatic heterocycles. The molecule has 0 unspecified atom stereocenters. The molecule has 0 saturated carbocycles. The van der Waals surface area contributed by atoms with Crippen LogP contribution >= 0.6 is 0 Å². The minimum atomic E-state index is -5.87. The molecule has 0 bridgehead atoms. The first kappa shape index (κ1) is 12.4. The van der Waals surface area contributed by atoms with Crippen molar-refractivity contribution >= 4 is 0 Å². The number of ether oxygens (including phenoxy) is 2. The second kappa shape index (κ2) is 3.29. The van der Waals surface area contributed by atoms with Crippen LogP contribution in [0.4, 0.5) is 30.7 Å². The van der Waals surface area contributed by atoms with Crippen LogP contribution in [0.25, 0.3) is 0 Å². The highest BCUT2D eigenvalue weighted by Crippen LogP contribution is 2.39. The van der Waals surface area contributed by atoms with Gasteiger partial charge in [-0.15, -0.1) is 13.2 Å². The van der Waals surface area contributed by atoms with E-state index in [1.54, 1.807) is 0 Å². The molecule has 0 N–H and O–H groups in total. The predicted molar refractivity (Wildman–Crippen MR) is 24.0 cm³/mol. The third-order valence-electron chi connectivity index (χ3n) is 0.839. The summed E-state index contributed by atoms with van der Waals surface area (Å²) in [6, 6.07) is 0. The highest BCUT2D eigenvalue weighted by Gasteiger charge is 2.64. The summed E-state index contributed by atoms with van der Waals surface area (Å²) in [4.78, 5) is 0. The van der Waals surface area contributed by atoms with Gasteiger partial charge in [-0.1, -0.05) is 0 Å². The second-order valence-corrected chi connectivity index (χ2v) is 1.79. The molecular weight excluding hydrogens is 213 g/mol. The maximum atomic E-state index is 11.9. The number of rotatable bonds is 3. The molecule has 2 nitrogen and oxygen atoms in total. The Morgan fingerprint density at radius 1 is 0.769 bits per heavy atom. The molecule has 0 rings (SSSR count). The normalized spacial score (nSPS) is 14.8. The SMILES string of the molecule is COC(F)(F)C(F)(F)OC(F)(F)F. The Morgan fingerprint density at radius 2 is 1.15 bits per heavy atom. The maximum Gasteiger partial charge on any atom is 0.527 e. The first-order valence-electron chi connectivity index (χ1n) is 2.59. The molecule has 0 aliphatic rings. The van der Waals surface area contributed by atoms with Crippen molar-refractivity contribution in [2.24, 2.45) is 0 Å². The average Bonchev–Trinajstić information content (AvgIpc) is 1.81. The summed E-state index contributed by atoms with van der Waals surface area (Å²) in [5, 5.41) is 0. The molecular formula is C4H3F7O2. The van der Waals surface area contributed by atoms with E-state index in [1.807, 2.05) is 4.74 Å². The topological polar surface area (TPSA) is 18.5 Å². The van der Waals surface area contributed by atoms with Crippen LogP contribution in [0, 0.1) is 0 Å². The number of alkyl halides is 7. The van der Waals surface area contributed by atoms with Gasteiger partial charge in [0.15, 0.2) is 0 Å². The lowest BCUT2D eigenvalue weighted by atomic mass is 10.6. The van der Waals surface area contributed by atoms with Crippen LogP contribution < -0.4 is 0 Å². The summed E-state index contributed by atoms with van der Waals surface area (Å²) in [5.74, 6) is 0. The Balaban J connectivity index is 4.58. The standard InChI is InChI=1S/C4H3F7O2/c1-12-2(5,6)3(7,8)13-4(9,10)11/h1H3.